The minimum absolute atomic E-state index is 0.0918. The van der Waals surface area contributed by atoms with Gasteiger partial charge in [0.05, 0.1) is 22.8 Å². The fraction of sp³-hybridized carbons (Fsp3) is 0.125. The van der Waals surface area contributed by atoms with Gasteiger partial charge in [0.1, 0.15) is 0 Å². The molecule has 9 heteroatoms. The monoisotopic (exact) mass is 363 g/mol. The quantitative estimate of drug-likeness (QED) is 0.465. The Morgan fingerprint density at radius 1 is 1.40 bits per heavy atom. The predicted molar refractivity (Wildman–Crippen MR) is 92.4 cm³/mol. The smallest absolute Gasteiger partial charge is 0.271 e. The molecule has 2 aromatic rings. The van der Waals surface area contributed by atoms with Crippen LogP contribution in [0.4, 0.5) is 5.69 Å². The van der Waals surface area contributed by atoms with Crippen LogP contribution < -0.4 is 10.2 Å². The van der Waals surface area contributed by atoms with Crippen molar-refractivity contribution in [3.05, 3.63) is 62.7 Å². The molecule has 1 amide bonds. The Morgan fingerprint density at radius 3 is 2.68 bits per heavy atom. The van der Waals surface area contributed by atoms with E-state index in [1.807, 2.05) is 0 Å². The molecule has 0 saturated carbocycles. The number of hydrogen-bond acceptors (Lipinski definition) is 6. The molecule has 2 aromatic carbocycles. The summed E-state index contributed by atoms with van der Waals surface area (Å²) >= 11 is 5.90. The largest absolute Gasteiger partial charge is 0.503 e. The van der Waals surface area contributed by atoms with Crippen molar-refractivity contribution in [1.29, 1.82) is 0 Å². The summed E-state index contributed by atoms with van der Waals surface area (Å²) in [7, 11) is 0. The molecular formula is C16H14ClN3O5. The van der Waals surface area contributed by atoms with Gasteiger partial charge in [-0.3, -0.25) is 14.9 Å². The highest BCUT2D eigenvalue weighted by Gasteiger charge is 2.10. The first-order chi connectivity index (χ1) is 11.9. The Hall–Kier alpha value is -3.13. The van der Waals surface area contributed by atoms with Crippen LogP contribution in [0.5, 0.6) is 11.5 Å². The van der Waals surface area contributed by atoms with Crippen molar-refractivity contribution in [2.45, 2.75) is 6.92 Å². The lowest BCUT2D eigenvalue weighted by Gasteiger charge is -2.08. The normalized spacial score (nSPS) is 10.6. The number of hydrogen-bond donors (Lipinski definition) is 2. The summed E-state index contributed by atoms with van der Waals surface area (Å²) in [6.45, 7) is 2.11. The lowest BCUT2D eigenvalue weighted by molar-refractivity contribution is -0.384. The lowest BCUT2D eigenvalue weighted by Crippen LogP contribution is -2.17. The number of amides is 1. The summed E-state index contributed by atoms with van der Waals surface area (Å²) in [6, 6.07) is 8.09. The van der Waals surface area contributed by atoms with Crippen LogP contribution in [0.25, 0.3) is 0 Å². The summed E-state index contributed by atoms with van der Waals surface area (Å²) < 4.78 is 5.25. The Morgan fingerprint density at radius 2 is 2.08 bits per heavy atom. The SMILES string of the molecule is CCOc1cc(/C=N\NC(=O)c2ccc([N+](=O)[O-])cc2)cc(Cl)c1O. The van der Waals surface area contributed by atoms with E-state index in [-0.39, 0.29) is 27.8 Å². The first-order valence-electron chi connectivity index (χ1n) is 7.15. The zero-order valence-corrected chi connectivity index (χ0v) is 13.9. The maximum Gasteiger partial charge on any atom is 0.271 e. The number of nitro groups is 1. The summed E-state index contributed by atoms with van der Waals surface area (Å²) in [5.41, 5.74) is 2.92. The molecule has 0 heterocycles. The molecule has 0 aromatic heterocycles. The van der Waals surface area contributed by atoms with E-state index >= 15 is 0 Å². The predicted octanol–water partition coefficient (Wildman–Crippen LogP) is 3.12. The van der Waals surface area contributed by atoms with Gasteiger partial charge in [0, 0.05) is 17.7 Å². The number of nitrogens with one attached hydrogen (secondary N) is 1. The summed E-state index contributed by atoms with van der Waals surface area (Å²) in [5.74, 6) is -0.491. The number of phenolic OH excluding ortho intramolecular Hbond substituents is 1. The van der Waals surface area contributed by atoms with Gasteiger partial charge >= 0.3 is 0 Å². The van der Waals surface area contributed by atoms with Crippen molar-refractivity contribution in [1.82, 2.24) is 5.43 Å². The van der Waals surface area contributed by atoms with Gasteiger partial charge in [-0.25, -0.2) is 5.43 Å². The van der Waals surface area contributed by atoms with E-state index in [9.17, 15) is 20.0 Å². The zero-order chi connectivity index (χ0) is 18.4. The first kappa shape index (κ1) is 18.2. The molecular weight excluding hydrogens is 350 g/mol. The van der Waals surface area contributed by atoms with Crippen LogP contribution >= 0.6 is 11.6 Å². The Labute approximate surface area is 147 Å². The van der Waals surface area contributed by atoms with E-state index in [2.05, 4.69) is 10.5 Å². The summed E-state index contributed by atoms with van der Waals surface area (Å²) in [5, 5.41) is 24.2. The molecule has 8 nitrogen and oxygen atoms in total. The van der Waals surface area contributed by atoms with Crippen molar-refractivity contribution in [3.8, 4) is 11.5 Å². The molecule has 0 aliphatic carbocycles. The van der Waals surface area contributed by atoms with Crippen molar-refractivity contribution in [3.63, 3.8) is 0 Å². The fourth-order valence-corrected chi connectivity index (χ4v) is 2.12. The molecule has 0 radical (unpaired) electrons. The number of aromatic hydroxyl groups is 1. The molecule has 130 valence electrons. The Bertz CT molecular complexity index is 821. The average molecular weight is 364 g/mol. The molecule has 0 aliphatic rings. The van der Waals surface area contributed by atoms with Crippen molar-refractivity contribution >= 4 is 29.4 Å². The number of carbonyl (C=O) groups excluding carboxylic acids is 1. The summed E-state index contributed by atoms with van der Waals surface area (Å²) in [4.78, 5) is 21.9. The highest BCUT2D eigenvalue weighted by molar-refractivity contribution is 6.32. The van der Waals surface area contributed by atoms with Crippen molar-refractivity contribution in [2.75, 3.05) is 6.61 Å². The molecule has 25 heavy (non-hydrogen) atoms. The average Bonchev–Trinajstić information content (AvgIpc) is 2.59. The van der Waals surface area contributed by atoms with Gasteiger partial charge in [-0.1, -0.05) is 11.6 Å². The Kier molecular flexibility index (Phi) is 5.91. The van der Waals surface area contributed by atoms with Gasteiger partial charge in [0.25, 0.3) is 11.6 Å². The molecule has 0 unspecified atom stereocenters. The third-order valence-electron chi connectivity index (χ3n) is 3.07. The van der Waals surface area contributed by atoms with Gasteiger partial charge in [0.2, 0.25) is 0 Å². The topological polar surface area (TPSA) is 114 Å². The second-order valence-corrected chi connectivity index (χ2v) is 5.19. The lowest BCUT2D eigenvalue weighted by atomic mass is 10.2. The second-order valence-electron chi connectivity index (χ2n) is 4.79. The first-order valence-corrected chi connectivity index (χ1v) is 7.53. The van der Waals surface area contributed by atoms with E-state index in [0.29, 0.717) is 12.2 Å². The van der Waals surface area contributed by atoms with Crippen molar-refractivity contribution < 1.29 is 19.6 Å². The minimum Gasteiger partial charge on any atom is -0.503 e. The van der Waals surface area contributed by atoms with Crippen LogP contribution in [-0.4, -0.2) is 28.8 Å². The van der Waals surface area contributed by atoms with E-state index in [0.717, 1.165) is 0 Å². The van der Waals surface area contributed by atoms with Crippen LogP contribution in [-0.2, 0) is 0 Å². The Balaban J connectivity index is 2.07. The highest BCUT2D eigenvalue weighted by Crippen LogP contribution is 2.34. The number of benzene rings is 2. The third kappa shape index (κ3) is 4.67. The number of rotatable bonds is 6. The molecule has 0 fully saturated rings. The van der Waals surface area contributed by atoms with Crippen LogP contribution in [0.3, 0.4) is 0 Å². The van der Waals surface area contributed by atoms with Gasteiger partial charge < -0.3 is 9.84 Å². The molecule has 0 saturated heterocycles. The maximum atomic E-state index is 11.9. The number of phenols is 1. The van der Waals surface area contributed by atoms with Gasteiger partial charge in [-0.2, -0.15) is 5.10 Å². The summed E-state index contributed by atoms with van der Waals surface area (Å²) in [6.07, 6.45) is 1.33. The number of carbonyl (C=O) groups is 1. The molecule has 2 N–H and O–H groups in total. The van der Waals surface area contributed by atoms with Crippen molar-refractivity contribution in [2.24, 2.45) is 5.10 Å². The number of nitrogens with zero attached hydrogens (tertiary/aromatic N) is 2. The van der Waals surface area contributed by atoms with Gasteiger partial charge in [-0.05, 0) is 36.8 Å². The molecule has 0 aliphatic heterocycles. The highest BCUT2D eigenvalue weighted by atomic mass is 35.5. The standard InChI is InChI=1S/C16H14ClN3O5/c1-2-25-14-8-10(7-13(17)15(14)21)9-18-19-16(22)11-3-5-12(6-4-11)20(23)24/h3-9,21H,2H2,1H3,(H,19,22)/b18-9-. The third-order valence-corrected chi connectivity index (χ3v) is 3.36. The van der Waals surface area contributed by atoms with E-state index in [1.54, 1.807) is 6.92 Å². The molecule has 0 bridgehead atoms. The van der Waals surface area contributed by atoms with E-state index in [4.69, 9.17) is 16.3 Å². The van der Waals surface area contributed by atoms with Crippen LogP contribution in [0.1, 0.15) is 22.8 Å². The fourth-order valence-electron chi connectivity index (χ4n) is 1.90. The number of hydrazone groups is 1. The van der Waals surface area contributed by atoms with Gasteiger partial charge in [0.15, 0.2) is 11.5 Å². The molecule has 2 rings (SSSR count). The van der Waals surface area contributed by atoms with Crippen LogP contribution in [0, 0.1) is 10.1 Å². The number of non-ortho nitro benzene ring substituents is 1. The molecule has 0 atom stereocenters. The zero-order valence-electron chi connectivity index (χ0n) is 13.1. The molecule has 0 spiro atoms. The number of halogens is 1. The maximum absolute atomic E-state index is 11.9. The van der Waals surface area contributed by atoms with Crippen LogP contribution in [0.15, 0.2) is 41.5 Å². The number of nitro benzene ring substituents is 1. The van der Waals surface area contributed by atoms with Crippen LogP contribution in [0.2, 0.25) is 5.02 Å². The van der Waals surface area contributed by atoms with E-state index < -0.39 is 10.8 Å². The second kappa shape index (κ2) is 8.11. The number of ether oxygens (including phenoxy) is 1. The minimum atomic E-state index is -0.551. The van der Waals surface area contributed by atoms with Gasteiger partial charge in [-0.15, -0.1) is 0 Å². The van der Waals surface area contributed by atoms with E-state index in [1.165, 1.54) is 42.6 Å².